The third kappa shape index (κ3) is 4.49. The van der Waals surface area contributed by atoms with Crippen molar-refractivity contribution >= 4 is 11.8 Å². The van der Waals surface area contributed by atoms with Gasteiger partial charge in [-0.15, -0.1) is 0 Å². The van der Waals surface area contributed by atoms with E-state index in [-0.39, 0.29) is 17.7 Å². The number of hydrogen-bond acceptors (Lipinski definition) is 3. The maximum absolute atomic E-state index is 12.2. The fraction of sp³-hybridized carbons (Fsp3) is 0.857. The van der Waals surface area contributed by atoms with Crippen LogP contribution in [0.5, 0.6) is 0 Å². The molecule has 1 heterocycles. The first-order valence-electron chi connectivity index (χ1n) is 7.02. The zero-order valence-corrected chi connectivity index (χ0v) is 12.5. The van der Waals surface area contributed by atoms with Gasteiger partial charge >= 0.3 is 0 Å². The van der Waals surface area contributed by atoms with E-state index in [4.69, 9.17) is 4.74 Å². The van der Waals surface area contributed by atoms with Crippen molar-refractivity contribution in [1.82, 2.24) is 9.80 Å². The first kappa shape index (κ1) is 16.0. The second-order valence-electron chi connectivity index (χ2n) is 5.48. The number of hydrogen-bond donors (Lipinski definition) is 0. The lowest BCUT2D eigenvalue weighted by molar-refractivity contribution is -0.143. The van der Waals surface area contributed by atoms with Crippen LogP contribution in [0.2, 0.25) is 0 Å². The van der Waals surface area contributed by atoms with Crippen molar-refractivity contribution in [2.45, 2.75) is 27.2 Å². The largest absolute Gasteiger partial charge is 0.384 e. The molecule has 110 valence electrons. The van der Waals surface area contributed by atoms with Crippen LogP contribution in [0.25, 0.3) is 0 Å². The molecule has 1 rings (SSSR count). The standard InChI is InChI=1S/C14H26N2O3/c1-11(2)12(3)14(18)16-8-6-15(7-9-16)13(17)5-10-19-4/h11-12H,5-10H2,1-4H3/t12-/m0/s1. The van der Waals surface area contributed by atoms with Crippen LogP contribution < -0.4 is 0 Å². The fourth-order valence-corrected chi connectivity index (χ4v) is 2.10. The summed E-state index contributed by atoms with van der Waals surface area (Å²) in [6.07, 6.45) is 0.423. The predicted octanol–water partition coefficient (Wildman–Crippen LogP) is 0.986. The summed E-state index contributed by atoms with van der Waals surface area (Å²) in [5, 5.41) is 0. The SMILES string of the molecule is COCCC(=O)N1CCN(C(=O)[C@@H](C)C(C)C)CC1. The highest BCUT2D eigenvalue weighted by molar-refractivity contribution is 5.80. The Balaban J connectivity index is 2.40. The third-order valence-corrected chi connectivity index (χ3v) is 3.85. The van der Waals surface area contributed by atoms with Crippen molar-refractivity contribution in [2.24, 2.45) is 11.8 Å². The van der Waals surface area contributed by atoms with Crippen LogP contribution in [0, 0.1) is 11.8 Å². The molecule has 0 unspecified atom stereocenters. The van der Waals surface area contributed by atoms with Crippen LogP contribution in [-0.4, -0.2) is 61.5 Å². The predicted molar refractivity (Wildman–Crippen MR) is 73.7 cm³/mol. The van der Waals surface area contributed by atoms with E-state index in [1.165, 1.54) is 0 Å². The molecule has 0 radical (unpaired) electrons. The van der Waals surface area contributed by atoms with Crippen molar-refractivity contribution in [3.05, 3.63) is 0 Å². The van der Waals surface area contributed by atoms with E-state index in [2.05, 4.69) is 13.8 Å². The van der Waals surface area contributed by atoms with E-state index in [1.54, 1.807) is 7.11 Å². The molecule has 1 atom stereocenters. The molecule has 1 aliphatic heterocycles. The van der Waals surface area contributed by atoms with Gasteiger partial charge in [0.2, 0.25) is 11.8 Å². The van der Waals surface area contributed by atoms with E-state index >= 15 is 0 Å². The summed E-state index contributed by atoms with van der Waals surface area (Å²) in [5.41, 5.74) is 0. The number of ether oxygens (including phenoxy) is 1. The molecule has 0 aromatic rings. The van der Waals surface area contributed by atoms with Crippen molar-refractivity contribution in [1.29, 1.82) is 0 Å². The average Bonchev–Trinajstić information content (AvgIpc) is 2.43. The van der Waals surface area contributed by atoms with E-state index in [9.17, 15) is 9.59 Å². The smallest absolute Gasteiger partial charge is 0.225 e. The lowest BCUT2D eigenvalue weighted by atomic mass is 9.96. The van der Waals surface area contributed by atoms with Gasteiger partial charge < -0.3 is 14.5 Å². The first-order valence-corrected chi connectivity index (χ1v) is 7.02. The molecule has 1 fully saturated rings. The van der Waals surface area contributed by atoms with Crippen LogP contribution in [0.3, 0.4) is 0 Å². The van der Waals surface area contributed by atoms with Gasteiger partial charge in [-0.05, 0) is 5.92 Å². The molecule has 0 aliphatic carbocycles. The van der Waals surface area contributed by atoms with Crippen molar-refractivity contribution in [2.75, 3.05) is 39.9 Å². The van der Waals surface area contributed by atoms with E-state index in [1.807, 2.05) is 16.7 Å². The molecule has 2 amide bonds. The molecule has 0 aromatic heterocycles. The Morgan fingerprint density at radius 2 is 1.58 bits per heavy atom. The van der Waals surface area contributed by atoms with Gasteiger partial charge in [-0.25, -0.2) is 0 Å². The average molecular weight is 270 g/mol. The van der Waals surface area contributed by atoms with Gasteiger partial charge in [-0.1, -0.05) is 20.8 Å². The Labute approximate surface area is 115 Å². The molecule has 0 N–H and O–H groups in total. The van der Waals surface area contributed by atoms with Gasteiger partial charge in [-0.2, -0.15) is 0 Å². The van der Waals surface area contributed by atoms with Gasteiger partial charge in [0, 0.05) is 39.2 Å². The number of nitrogens with zero attached hydrogens (tertiary/aromatic N) is 2. The Morgan fingerprint density at radius 3 is 2.05 bits per heavy atom. The fourth-order valence-electron chi connectivity index (χ4n) is 2.10. The normalized spacial score (nSPS) is 17.7. The van der Waals surface area contributed by atoms with E-state index < -0.39 is 0 Å². The van der Waals surface area contributed by atoms with Gasteiger partial charge in [0.15, 0.2) is 0 Å². The molecule has 1 aliphatic rings. The minimum Gasteiger partial charge on any atom is -0.384 e. The number of carbonyl (C=O) groups is 2. The summed E-state index contributed by atoms with van der Waals surface area (Å²) in [6.45, 7) is 9.13. The summed E-state index contributed by atoms with van der Waals surface area (Å²) in [7, 11) is 1.59. The van der Waals surface area contributed by atoms with Crippen LogP contribution >= 0.6 is 0 Å². The quantitative estimate of drug-likeness (QED) is 0.748. The topological polar surface area (TPSA) is 49.9 Å². The highest BCUT2D eigenvalue weighted by Crippen LogP contribution is 2.15. The Hall–Kier alpha value is -1.10. The maximum Gasteiger partial charge on any atom is 0.225 e. The highest BCUT2D eigenvalue weighted by Gasteiger charge is 2.27. The Kier molecular flexibility index (Phi) is 6.28. The minimum absolute atomic E-state index is 0.0516. The van der Waals surface area contributed by atoms with E-state index in [0.717, 1.165) is 0 Å². The maximum atomic E-state index is 12.2. The molecule has 0 saturated carbocycles. The summed E-state index contributed by atoms with van der Waals surface area (Å²) < 4.78 is 4.91. The lowest BCUT2D eigenvalue weighted by Gasteiger charge is -2.36. The van der Waals surface area contributed by atoms with Gasteiger partial charge in [-0.3, -0.25) is 9.59 Å². The summed E-state index contributed by atoms with van der Waals surface area (Å²) in [4.78, 5) is 27.7. The molecule has 19 heavy (non-hydrogen) atoms. The van der Waals surface area contributed by atoms with E-state index in [0.29, 0.717) is 45.1 Å². The second-order valence-corrected chi connectivity index (χ2v) is 5.48. The van der Waals surface area contributed by atoms with Crippen LogP contribution in [0.1, 0.15) is 27.2 Å². The molecule has 5 nitrogen and oxygen atoms in total. The van der Waals surface area contributed by atoms with Gasteiger partial charge in [0.05, 0.1) is 13.0 Å². The molecule has 0 aromatic carbocycles. The monoisotopic (exact) mass is 270 g/mol. The van der Waals surface area contributed by atoms with Crippen molar-refractivity contribution in [3.8, 4) is 0 Å². The molecule has 0 bridgehead atoms. The van der Waals surface area contributed by atoms with Crippen molar-refractivity contribution < 1.29 is 14.3 Å². The summed E-state index contributed by atoms with van der Waals surface area (Å²) in [5.74, 6) is 0.731. The third-order valence-electron chi connectivity index (χ3n) is 3.85. The first-order chi connectivity index (χ1) is 8.97. The summed E-state index contributed by atoms with van der Waals surface area (Å²) >= 11 is 0. The van der Waals surface area contributed by atoms with Crippen LogP contribution in [-0.2, 0) is 14.3 Å². The van der Waals surface area contributed by atoms with Crippen molar-refractivity contribution in [3.63, 3.8) is 0 Å². The highest BCUT2D eigenvalue weighted by atomic mass is 16.5. The molecular formula is C14H26N2O3. The Morgan fingerprint density at radius 1 is 1.05 bits per heavy atom. The van der Waals surface area contributed by atoms with Gasteiger partial charge in [0.1, 0.15) is 0 Å². The van der Waals surface area contributed by atoms with Crippen LogP contribution in [0.4, 0.5) is 0 Å². The zero-order valence-electron chi connectivity index (χ0n) is 12.5. The Bertz CT molecular complexity index is 310. The number of carbonyl (C=O) groups excluding carboxylic acids is 2. The van der Waals surface area contributed by atoms with Crippen LogP contribution in [0.15, 0.2) is 0 Å². The zero-order chi connectivity index (χ0) is 14.4. The molecule has 0 spiro atoms. The minimum atomic E-state index is 0.0516. The number of piperazine rings is 1. The number of rotatable bonds is 5. The molecule has 1 saturated heterocycles. The second kappa shape index (κ2) is 7.48. The molecule has 5 heteroatoms. The number of methoxy groups -OCH3 is 1. The molecular weight excluding hydrogens is 244 g/mol. The summed E-state index contributed by atoms with van der Waals surface area (Å²) in [6, 6.07) is 0. The number of amides is 2. The lowest BCUT2D eigenvalue weighted by Crippen LogP contribution is -2.52. The van der Waals surface area contributed by atoms with Gasteiger partial charge in [0.25, 0.3) is 0 Å².